The Labute approximate surface area is 276 Å². The van der Waals surface area contributed by atoms with Crippen molar-refractivity contribution in [1.82, 2.24) is 24.8 Å². The predicted octanol–water partition coefficient (Wildman–Crippen LogP) is 4.33. The van der Waals surface area contributed by atoms with Crippen LogP contribution in [0.5, 0.6) is 0 Å². The number of thioether (sulfide) groups is 1. The monoisotopic (exact) mass is 643 g/mol. The van der Waals surface area contributed by atoms with E-state index in [4.69, 9.17) is 16.5 Å². The zero-order valence-electron chi connectivity index (χ0n) is 27.4. The molecule has 1 aliphatic heterocycles. The highest BCUT2D eigenvalue weighted by Crippen LogP contribution is 2.30. The van der Waals surface area contributed by atoms with Gasteiger partial charge in [-0.25, -0.2) is 9.97 Å². The number of benzene rings is 1. The second kappa shape index (κ2) is 15.5. The molecular weight excluding hydrogens is 599 g/mol. The number of nitrogens with one attached hydrogen (secondary N) is 1. The van der Waals surface area contributed by atoms with E-state index >= 15 is 0 Å². The third-order valence-electron chi connectivity index (χ3n) is 8.69. The standard InChI is InChI=1S/C34H45N9O2S/c1-22(2)34(37,23(3)4)21-42-15-17-43(18-16-42)30(45)14-13-26-7-6-8-28(39-26)20-46-33-40-31(29(19-35)32(36)41-33)25-9-11-27(12-10-25)38-24(5)44/h6-12,22-23H,13-18,20-21,37H2,1-5H3,(H,38,44)(H2,36,40,41). The molecule has 0 unspecified atom stereocenters. The fourth-order valence-corrected chi connectivity index (χ4v) is 6.37. The Balaban J connectivity index is 1.32. The molecular formula is C34H45N9O2S. The lowest BCUT2D eigenvalue weighted by Gasteiger charge is -2.44. The molecule has 1 fully saturated rings. The molecule has 244 valence electrons. The van der Waals surface area contributed by atoms with Gasteiger partial charge in [0.2, 0.25) is 11.8 Å². The van der Waals surface area contributed by atoms with Crippen LogP contribution < -0.4 is 16.8 Å². The Bertz CT molecular complexity index is 1550. The highest BCUT2D eigenvalue weighted by Gasteiger charge is 2.35. The second-order valence-corrected chi connectivity index (χ2v) is 13.4. The Hall–Kier alpha value is -4.05. The molecule has 12 heteroatoms. The highest BCUT2D eigenvalue weighted by molar-refractivity contribution is 7.98. The number of anilines is 2. The molecule has 2 aromatic heterocycles. The van der Waals surface area contributed by atoms with Crippen LogP contribution in [0, 0.1) is 23.2 Å². The van der Waals surface area contributed by atoms with Crippen molar-refractivity contribution >= 4 is 35.1 Å². The summed E-state index contributed by atoms with van der Waals surface area (Å²) in [6.07, 6.45) is 0.963. The van der Waals surface area contributed by atoms with Gasteiger partial charge in [-0.3, -0.25) is 19.5 Å². The van der Waals surface area contributed by atoms with Crippen LogP contribution in [0.4, 0.5) is 11.5 Å². The van der Waals surface area contributed by atoms with Gasteiger partial charge >= 0.3 is 0 Å². The lowest BCUT2D eigenvalue weighted by Crippen LogP contribution is -2.60. The molecule has 5 N–H and O–H groups in total. The smallest absolute Gasteiger partial charge is 0.223 e. The summed E-state index contributed by atoms with van der Waals surface area (Å²) in [4.78, 5) is 42.5. The number of carbonyl (C=O) groups excluding carboxylic acids is 2. The molecule has 3 aromatic rings. The first-order valence-corrected chi connectivity index (χ1v) is 16.7. The van der Waals surface area contributed by atoms with Crippen LogP contribution in [-0.4, -0.2) is 74.8 Å². The van der Waals surface area contributed by atoms with Crippen molar-refractivity contribution in [2.75, 3.05) is 43.8 Å². The minimum Gasteiger partial charge on any atom is -0.382 e. The summed E-state index contributed by atoms with van der Waals surface area (Å²) in [5, 5.41) is 12.9. The van der Waals surface area contributed by atoms with Gasteiger partial charge in [0, 0.05) is 74.3 Å². The zero-order valence-corrected chi connectivity index (χ0v) is 28.2. The Morgan fingerprint density at radius 2 is 1.65 bits per heavy atom. The Morgan fingerprint density at radius 1 is 1.00 bits per heavy atom. The minimum atomic E-state index is -0.246. The number of carbonyl (C=O) groups is 2. The number of aromatic nitrogens is 3. The summed E-state index contributed by atoms with van der Waals surface area (Å²) in [5.74, 6) is 1.32. The summed E-state index contributed by atoms with van der Waals surface area (Å²) in [6.45, 7) is 14.1. The molecule has 3 heterocycles. The second-order valence-electron chi connectivity index (χ2n) is 12.5. The molecule has 11 nitrogen and oxygen atoms in total. The van der Waals surface area contributed by atoms with E-state index in [-0.39, 0.29) is 28.7 Å². The maximum atomic E-state index is 13.1. The number of pyridine rings is 1. The summed E-state index contributed by atoms with van der Waals surface area (Å²) >= 11 is 1.37. The maximum Gasteiger partial charge on any atom is 0.223 e. The van der Waals surface area contributed by atoms with Crippen molar-refractivity contribution in [2.45, 2.75) is 63.9 Å². The number of nitrogens with two attached hydrogens (primary N) is 2. The van der Waals surface area contributed by atoms with Crippen LogP contribution in [0.25, 0.3) is 11.3 Å². The van der Waals surface area contributed by atoms with Gasteiger partial charge in [-0.1, -0.05) is 57.7 Å². The van der Waals surface area contributed by atoms with Gasteiger partial charge in [-0.15, -0.1) is 0 Å². The molecule has 0 spiro atoms. The number of rotatable bonds is 12. The van der Waals surface area contributed by atoms with Crippen molar-refractivity contribution in [3.63, 3.8) is 0 Å². The van der Waals surface area contributed by atoms with Crippen LogP contribution in [0.15, 0.2) is 47.6 Å². The zero-order chi connectivity index (χ0) is 33.4. The van der Waals surface area contributed by atoms with E-state index in [1.165, 1.54) is 18.7 Å². The number of piperazine rings is 1. The third-order valence-corrected chi connectivity index (χ3v) is 9.57. The van der Waals surface area contributed by atoms with Crippen molar-refractivity contribution in [2.24, 2.45) is 17.6 Å². The molecule has 0 saturated carbocycles. The SMILES string of the molecule is CC(=O)Nc1ccc(-c2nc(SCc3cccc(CCC(=O)N4CCN(CC(N)(C(C)C)C(C)C)CC4)n3)nc(N)c2C#N)cc1. The molecule has 46 heavy (non-hydrogen) atoms. The topological polar surface area (TPSA) is 167 Å². The lowest BCUT2D eigenvalue weighted by molar-refractivity contribution is -0.133. The van der Waals surface area contributed by atoms with Gasteiger partial charge < -0.3 is 21.7 Å². The number of hydrogen-bond acceptors (Lipinski definition) is 10. The van der Waals surface area contributed by atoms with Crippen LogP contribution in [0.3, 0.4) is 0 Å². The minimum absolute atomic E-state index is 0.101. The van der Waals surface area contributed by atoms with E-state index in [2.05, 4.69) is 53.9 Å². The lowest BCUT2D eigenvalue weighted by atomic mass is 9.77. The van der Waals surface area contributed by atoms with Gasteiger partial charge in [0.05, 0.1) is 11.4 Å². The fraction of sp³-hybridized carbons (Fsp3) is 0.471. The van der Waals surface area contributed by atoms with Gasteiger partial charge in [-0.05, 0) is 42.5 Å². The fourth-order valence-electron chi connectivity index (χ4n) is 5.61. The number of hydrogen-bond donors (Lipinski definition) is 3. The van der Waals surface area contributed by atoms with Gasteiger partial charge in [0.25, 0.3) is 0 Å². The molecule has 0 bridgehead atoms. The van der Waals surface area contributed by atoms with E-state index in [1.54, 1.807) is 24.3 Å². The highest BCUT2D eigenvalue weighted by atomic mass is 32.2. The summed E-state index contributed by atoms with van der Waals surface area (Å²) in [5.41, 5.74) is 16.3. The van der Waals surface area contributed by atoms with Crippen LogP contribution >= 0.6 is 11.8 Å². The molecule has 0 aliphatic carbocycles. The first-order chi connectivity index (χ1) is 21.9. The van der Waals surface area contributed by atoms with Crippen LogP contribution in [-0.2, 0) is 21.8 Å². The first-order valence-electron chi connectivity index (χ1n) is 15.7. The molecule has 1 saturated heterocycles. The van der Waals surface area contributed by atoms with Crippen molar-refractivity contribution in [1.29, 1.82) is 5.26 Å². The van der Waals surface area contributed by atoms with Crippen LogP contribution in [0.1, 0.15) is 58.0 Å². The molecule has 0 radical (unpaired) electrons. The molecule has 1 aliphatic rings. The summed E-state index contributed by atoms with van der Waals surface area (Å²) in [6, 6.07) is 15.0. The quantitative estimate of drug-likeness (QED) is 0.191. The largest absolute Gasteiger partial charge is 0.382 e. The maximum absolute atomic E-state index is 13.1. The average Bonchev–Trinajstić information content (AvgIpc) is 3.02. The summed E-state index contributed by atoms with van der Waals surface area (Å²) < 4.78 is 0. The number of nitrogens with zero attached hydrogens (tertiary/aromatic N) is 6. The van der Waals surface area contributed by atoms with E-state index in [9.17, 15) is 14.9 Å². The van der Waals surface area contributed by atoms with Crippen LogP contribution in [0.2, 0.25) is 0 Å². The van der Waals surface area contributed by atoms with Gasteiger partial charge in [-0.2, -0.15) is 5.26 Å². The molecule has 2 amide bonds. The number of aryl methyl sites for hydroxylation is 1. The molecule has 4 rings (SSSR count). The molecule has 0 atom stereocenters. The number of nitrogen functional groups attached to an aromatic ring is 1. The summed E-state index contributed by atoms with van der Waals surface area (Å²) in [7, 11) is 0. The number of amides is 2. The van der Waals surface area contributed by atoms with Gasteiger partial charge in [0.15, 0.2) is 5.16 Å². The third kappa shape index (κ3) is 8.81. The number of nitriles is 1. The Morgan fingerprint density at radius 3 is 2.26 bits per heavy atom. The molecule has 1 aromatic carbocycles. The van der Waals surface area contributed by atoms with E-state index < -0.39 is 0 Å². The normalized spacial score (nSPS) is 14.0. The van der Waals surface area contributed by atoms with Crippen molar-refractivity contribution < 1.29 is 9.59 Å². The average molecular weight is 644 g/mol. The van der Waals surface area contributed by atoms with E-state index in [0.29, 0.717) is 65.6 Å². The van der Waals surface area contributed by atoms with Crippen molar-refractivity contribution in [3.05, 3.63) is 59.4 Å². The Kier molecular flexibility index (Phi) is 11.7. The van der Waals surface area contributed by atoms with E-state index in [0.717, 1.165) is 31.0 Å². The predicted molar refractivity (Wildman–Crippen MR) is 183 cm³/mol. The first kappa shape index (κ1) is 34.8. The van der Waals surface area contributed by atoms with Gasteiger partial charge in [0.1, 0.15) is 17.5 Å². The van der Waals surface area contributed by atoms with E-state index in [1.807, 2.05) is 23.1 Å². The van der Waals surface area contributed by atoms with Crippen molar-refractivity contribution in [3.8, 4) is 17.3 Å².